The Balaban J connectivity index is 1.58. The molecule has 6 heteroatoms. The van der Waals surface area contributed by atoms with Gasteiger partial charge in [0.15, 0.2) is 0 Å². The lowest BCUT2D eigenvalue weighted by atomic mass is 9.89. The van der Waals surface area contributed by atoms with Gasteiger partial charge in [0.25, 0.3) is 0 Å². The predicted molar refractivity (Wildman–Crippen MR) is 127 cm³/mol. The van der Waals surface area contributed by atoms with Crippen LogP contribution in [-0.4, -0.2) is 27.1 Å². The summed E-state index contributed by atoms with van der Waals surface area (Å²) in [6.45, 7) is 6.13. The summed E-state index contributed by atoms with van der Waals surface area (Å²) >= 11 is 0. The summed E-state index contributed by atoms with van der Waals surface area (Å²) in [6.07, 6.45) is 6.71. The van der Waals surface area contributed by atoms with Crippen molar-refractivity contribution in [3.8, 4) is 0 Å². The van der Waals surface area contributed by atoms with E-state index in [2.05, 4.69) is 23.5 Å². The maximum atomic E-state index is 12.5. The number of carbonyl (C=O) groups is 1. The van der Waals surface area contributed by atoms with E-state index in [1.165, 1.54) is 34.5 Å². The fourth-order valence-corrected chi connectivity index (χ4v) is 5.27. The molecule has 1 N–H and O–H groups in total. The molecular formula is C25H34N2O3S. The van der Waals surface area contributed by atoms with Crippen LogP contribution in [0, 0.1) is 13.8 Å². The molecule has 5 nitrogen and oxygen atoms in total. The van der Waals surface area contributed by atoms with Crippen LogP contribution in [0.15, 0.2) is 36.4 Å². The van der Waals surface area contributed by atoms with E-state index in [4.69, 9.17) is 0 Å². The molecule has 0 radical (unpaired) electrons. The maximum absolute atomic E-state index is 12.5. The van der Waals surface area contributed by atoms with Gasteiger partial charge >= 0.3 is 0 Å². The van der Waals surface area contributed by atoms with Crippen LogP contribution in [0.5, 0.6) is 0 Å². The van der Waals surface area contributed by atoms with Gasteiger partial charge in [0.1, 0.15) is 0 Å². The first-order chi connectivity index (χ1) is 14.6. The summed E-state index contributed by atoms with van der Waals surface area (Å²) in [7, 11) is -3.43. The fraction of sp³-hybridized carbons (Fsp3) is 0.480. The highest BCUT2D eigenvalue weighted by atomic mass is 32.2. The highest BCUT2D eigenvalue weighted by molar-refractivity contribution is 7.92. The molecule has 0 aromatic heterocycles. The Labute approximate surface area is 186 Å². The first-order valence-corrected chi connectivity index (χ1v) is 13.0. The molecule has 0 saturated carbocycles. The number of amides is 1. The van der Waals surface area contributed by atoms with Crippen LogP contribution >= 0.6 is 0 Å². The summed E-state index contributed by atoms with van der Waals surface area (Å²) in [5.41, 5.74) is 6.56. The largest absolute Gasteiger partial charge is 0.350 e. The van der Waals surface area contributed by atoms with Gasteiger partial charge in [-0.25, -0.2) is 8.42 Å². The van der Waals surface area contributed by atoms with E-state index in [0.717, 1.165) is 29.5 Å². The maximum Gasteiger partial charge on any atom is 0.232 e. The quantitative estimate of drug-likeness (QED) is 0.649. The zero-order valence-corrected chi connectivity index (χ0v) is 19.9. The molecule has 1 aliphatic carbocycles. The zero-order valence-electron chi connectivity index (χ0n) is 19.1. The van der Waals surface area contributed by atoms with Crippen molar-refractivity contribution in [2.45, 2.75) is 65.3 Å². The molecule has 0 bridgehead atoms. The SMILES string of the molecule is Cc1ccc(C)c(N(CCCC(=O)NC(C)c2ccc3c(c2)CCCC3)S(C)(=O)=O)c1. The van der Waals surface area contributed by atoms with Gasteiger partial charge in [-0.3, -0.25) is 9.10 Å². The molecule has 1 aliphatic rings. The van der Waals surface area contributed by atoms with Gasteiger partial charge in [0.2, 0.25) is 15.9 Å². The fourth-order valence-electron chi connectivity index (χ4n) is 4.26. The summed E-state index contributed by atoms with van der Waals surface area (Å²) in [4.78, 5) is 12.5. The molecule has 0 saturated heterocycles. The third kappa shape index (κ3) is 6.10. The third-order valence-electron chi connectivity index (χ3n) is 6.05. The lowest BCUT2D eigenvalue weighted by Crippen LogP contribution is -2.33. The van der Waals surface area contributed by atoms with E-state index in [-0.39, 0.29) is 24.9 Å². The monoisotopic (exact) mass is 442 g/mol. The number of fused-ring (bicyclic) bond motifs is 1. The number of hydrogen-bond acceptors (Lipinski definition) is 3. The van der Waals surface area contributed by atoms with Gasteiger partial charge in [-0.15, -0.1) is 0 Å². The standard InChI is InChI=1S/C25H34N2O3S/c1-18-11-12-19(2)24(16-18)27(31(4,29)30)15-7-10-25(28)26-20(3)22-14-13-21-8-5-6-9-23(21)17-22/h11-14,16-17,20H,5-10,15H2,1-4H3,(H,26,28). The Morgan fingerprint density at radius 3 is 2.48 bits per heavy atom. The molecule has 168 valence electrons. The van der Waals surface area contributed by atoms with Crippen molar-refractivity contribution < 1.29 is 13.2 Å². The van der Waals surface area contributed by atoms with E-state index in [9.17, 15) is 13.2 Å². The van der Waals surface area contributed by atoms with Crippen molar-refractivity contribution >= 4 is 21.6 Å². The first-order valence-electron chi connectivity index (χ1n) is 11.1. The molecule has 31 heavy (non-hydrogen) atoms. The van der Waals surface area contributed by atoms with Gasteiger partial charge in [-0.1, -0.05) is 30.3 Å². The lowest BCUT2D eigenvalue weighted by Gasteiger charge is -2.25. The third-order valence-corrected chi connectivity index (χ3v) is 7.23. The summed E-state index contributed by atoms with van der Waals surface area (Å²) in [5.74, 6) is -0.0559. The minimum atomic E-state index is -3.43. The average molecular weight is 443 g/mol. The Bertz CT molecular complexity index is 1050. The molecule has 1 atom stereocenters. The molecule has 0 spiro atoms. The van der Waals surface area contributed by atoms with Crippen molar-refractivity contribution in [1.29, 1.82) is 0 Å². The normalized spacial score (nSPS) is 14.6. The molecule has 3 rings (SSSR count). The van der Waals surface area contributed by atoms with Gasteiger partial charge in [-0.05, 0) is 86.8 Å². The van der Waals surface area contributed by atoms with E-state index in [1.807, 2.05) is 39.0 Å². The van der Waals surface area contributed by atoms with E-state index in [1.54, 1.807) is 0 Å². The van der Waals surface area contributed by atoms with Crippen LogP contribution in [0.2, 0.25) is 0 Å². The first kappa shape index (κ1) is 23.3. The molecule has 0 aliphatic heterocycles. The molecular weight excluding hydrogens is 408 g/mol. The topological polar surface area (TPSA) is 66.5 Å². The van der Waals surface area contributed by atoms with Crippen molar-refractivity contribution in [3.05, 3.63) is 64.2 Å². The average Bonchev–Trinajstić information content (AvgIpc) is 2.72. The summed E-state index contributed by atoms with van der Waals surface area (Å²) < 4.78 is 26.2. The van der Waals surface area contributed by atoms with E-state index < -0.39 is 10.0 Å². The minimum absolute atomic E-state index is 0.0559. The second-order valence-electron chi connectivity index (χ2n) is 8.75. The van der Waals surface area contributed by atoms with Gasteiger partial charge in [0, 0.05) is 13.0 Å². The number of carbonyl (C=O) groups excluding carboxylic acids is 1. The van der Waals surface area contributed by atoms with Crippen molar-refractivity contribution in [3.63, 3.8) is 0 Å². The number of aryl methyl sites for hydroxylation is 4. The molecule has 2 aromatic carbocycles. The van der Waals surface area contributed by atoms with Crippen LogP contribution in [0.3, 0.4) is 0 Å². The summed E-state index contributed by atoms with van der Waals surface area (Å²) in [6, 6.07) is 12.2. The molecule has 0 heterocycles. The second kappa shape index (κ2) is 9.86. The number of hydrogen-bond donors (Lipinski definition) is 1. The van der Waals surface area contributed by atoms with Gasteiger partial charge in [0.05, 0.1) is 18.0 Å². The lowest BCUT2D eigenvalue weighted by molar-refractivity contribution is -0.121. The summed E-state index contributed by atoms with van der Waals surface area (Å²) in [5, 5.41) is 3.07. The number of rotatable bonds is 8. The van der Waals surface area contributed by atoms with Crippen molar-refractivity contribution in [1.82, 2.24) is 5.32 Å². The Hall–Kier alpha value is -2.34. The second-order valence-corrected chi connectivity index (χ2v) is 10.7. The van der Waals surface area contributed by atoms with Gasteiger partial charge < -0.3 is 5.32 Å². The predicted octanol–water partition coefficient (Wildman–Crippen LogP) is 4.61. The van der Waals surface area contributed by atoms with Crippen molar-refractivity contribution in [2.24, 2.45) is 0 Å². The number of nitrogens with zero attached hydrogens (tertiary/aromatic N) is 1. The van der Waals surface area contributed by atoms with Crippen molar-refractivity contribution in [2.75, 3.05) is 17.1 Å². The zero-order chi connectivity index (χ0) is 22.6. The Morgan fingerprint density at radius 1 is 1.06 bits per heavy atom. The van der Waals surface area contributed by atoms with E-state index in [0.29, 0.717) is 12.1 Å². The number of benzene rings is 2. The number of nitrogens with one attached hydrogen (secondary N) is 1. The molecule has 1 unspecified atom stereocenters. The van der Waals surface area contributed by atoms with Gasteiger partial charge in [-0.2, -0.15) is 0 Å². The Morgan fingerprint density at radius 2 is 1.77 bits per heavy atom. The van der Waals surface area contributed by atoms with Crippen LogP contribution in [0.1, 0.15) is 66.5 Å². The smallest absolute Gasteiger partial charge is 0.232 e. The number of anilines is 1. The minimum Gasteiger partial charge on any atom is -0.350 e. The van der Waals surface area contributed by atoms with E-state index >= 15 is 0 Å². The highest BCUT2D eigenvalue weighted by Gasteiger charge is 2.20. The van der Waals surface area contributed by atoms with Crippen LogP contribution < -0.4 is 9.62 Å². The number of sulfonamides is 1. The Kier molecular flexibility index (Phi) is 7.42. The van der Waals surface area contributed by atoms with Crippen LogP contribution in [0.25, 0.3) is 0 Å². The molecule has 0 fully saturated rings. The van der Waals surface area contributed by atoms with Crippen LogP contribution in [0.4, 0.5) is 5.69 Å². The molecule has 1 amide bonds. The molecule has 2 aromatic rings. The highest BCUT2D eigenvalue weighted by Crippen LogP contribution is 2.26. The van der Waals surface area contributed by atoms with Crippen LogP contribution in [-0.2, 0) is 27.7 Å².